The summed E-state index contributed by atoms with van der Waals surface area (Å²) in [5.74, 6) is -3.04. The van der Waals surface area contributed by atoms with Crippen LogP contribution in [0.15, 0.2) is 18.2 Å². The molecule has 0 spiro atoms. The summed E-state index contributed by atoms with van der Waals surface area (Å²) in [7, 11) is 0. The molecule has 0 aliphatic carbocycles. The molecule has 22 fully saturated rings. The lowest BCUT2D eigenvalue weighted by molar-refractivity contribution is -0.419. The van der Waals surface area contributed by atoms with Crippen LogP contribution in [0.1, 0.15) is 27.6 Å². The van der Waals surface area contributed by atoms with Crippen LogP contribution in [0.2, 0.25) is 0 Å². The summed E-state index contributed by atoms with van der Waals surface area (Å²) >= 11 is 0. The van der Waals surface area contributed by atoms with Gasteiger partial charge in [0.25, 0.3) is 0 Å². The number of phenols is 1. The molecule has 79 heavy (non-hydrogen) atoms. The summed E-state index contributed by atoms with van der Waals surface area (Å²) in [5.41, 5.74) is -0.974. The van der Waals surface area contributed by atoms with E-state index in [1.54, 1.807) is 0 Å². The zero-order chi connectivity index (χ0) is 57.5. The van der Waals surface area contributed by atoms with Crippen molar-refractivity contribution in [1.82, 2.24) is 0 Å². The Balaban J connectivity index is 1.13. The molecule has 22 saturated heterocycles. The average molecular weight is 1150 g/mol. The van der Waals surface area contributed by atoms with Crippen LogP contribution in [0.5, 0.6) is 5.75 Å². The predicted molar refractivity (Wildman–Crippen MR) is 238 cm³/mol. The van der Waals surface area contributed by atoms with Crippen molar-refractivity contribution in [3.05, 3.63) is 29.3 Å². The van der Waals surface area contributed by atoms with Gasteiger partial charge in [-0.3, -0.25) is 9.68 Å². The van der Waals surface area contributed by atoms with Crippen molar-refractivity contribution in [2.45, 2.75) is 191 Å². The molecule has 30 atom stereocenters. The van der Waals surface area contributed by atoms with Gasteiger partial charge in [-0.15, -0.1) is 0 Å². The number of para-hydroxylation sites is 1. The Morgan fingerprint density at radius 1 is 0.380 bits per heavy atom. The highest BCUT2D eigenvalue weighted by Crippen LogP contribution is 2.39. The Morgan fingerprint density at radius 2 is 0.633 bits per heavy atom. The number of hydrogen-bond donors (Lipinski definition) is 18. The van der Waals surface area contributed by atoms with Crippen LogP contribution in [-0.4, -0.2) is 328 Å². The molecular formula is C45H66O34. The number of rotatable bonds is 10. The summed E-state index contributed by atoms with van der Waals surface area (Å²) < 4.78 is 69.0. The Kier molecular flexibility index (Phi) is 20.6. The maximum Gasteiger partial charge on any atom is 0.376 e. The number of aromatic hydroxyl groups is 1. The SMILES string of the molecule is CC(=O)c1cccc(C(=O)OO[C@@H]2[C@@H](O)[C@H]3O[C@H]4[C@H](O)[C@@H](O)[C@@H](O[C@H]5[C@H](O)[C@@H](O)[C@@H](O[C@H]6[C@H](O)[C@@H](O)[C@@H](O[C@H]7[C@H](O)[C@@H](O)[C@@H](O[C@H]8[C@H](O)[C@@H](O)[C@@H](O[C@H]2[C@@H](CO)O3)O[C@@H]8CO)O[C@@H]7CO)O[C@@H]6CO)O[C@@H]5CO)O[C@@H]4CO)c1O. The maximum absolute atomic E-state index is 13.4. The highest BCUT2D eigenvalue weighted by Gasteiger charge is 2.59. The van der Waals surface area contributed by atoms with E-state index in [1.807, 2.05) is 0 Å². The molecule has 0 aromatic heterocycles. The fourth-order valence-electron chi connectivity index (χ4n) is 10.2. The van der Waals surface area contributed by atoms with E-state index in [0.717, 1.165) is 13.0 Å². The molecule has 0 amide bonds. The van der Waals surface area contributed by atoms with Gasteiger partial charge in [-0.1, -0.05) is 6.07 Å². The number of aliphatic hydroxyl groups is 17. The van der Waals surface area contributed by atoms with Crippen LogP contribution in [0.25, 0.3) is 0 Å². The largest absolute Gasteiger partial charge is 0.506 e. The zero-order valence-electron chi connectivity index (χ0n) is 41.4. The summed E-state index contributed by atoms with van der Waals surface area (Å²) in [6.07, 6.45) is -61.7. The van der Waals surface area contributed by atoms with Gasteiger partial charge in [0, 0.05) is 0 Å². The minimum atomic E-state index is -2.37. The van der Waals surface area contributed by atoms with Gasteiger partial charge in [0.1, 0.15) is 152 Å². The van der Waals surface area contributed by atoms with Gasteiger partial charge in [-0.25, -0.2) is 4.79 Å². The number of hydrogen-bond acceptors (Lipinski definition) is 34. The van der Waals surface area contributed by atoms with Gasteiger partial charge in [-0.2, -0.15) is 4.89 Å². The van der Waals surface area contributed by atoms with Gasteiger partial charge in [0.15, 0.2) is 49.6 Å². The van der Waals surface area contributed by atoms with E-state index in [9.17, 15) is 102 Å². The number of benzene rings is 1. The molecule has 12 bridgehead atoms. The van der Waals surface area contributed by atoms with Crippen molar-refractivity contribution in [1.29, 1.82) is 0 Å². The van der Waals surface area contributed by atoms with E-state index in [4.69, 9.17) is 66.6 Å². The third-order valence-electron chi connectivity index (χ3n) is 14.5. The first-order valence-electron chi connectivity index (χ1n) is 24.8. The number of ether oxygens (including phenoxy) is 12. The van der Waals surface area contributed by atoms with E-state index in [0.29, 0.717) is 0 Å². The first kappa shape index (κ1) is 62.0. The molecule has 22 aliphatic heterocycles. The second-order valence-corrected chi connectivity index (χ2v) is 19.5. The number of ketones is 1. The lowest BCUT2D eigenvalue weighted by atomic mass is 9.94. The minimum Gasteiger partial charge on any atom is -0.506 e. The fourth-order valence-corrected chi connectivity index (χ4v) is 10.2. The standard InChI is InChI=1S/C45H66O34/c1-11(52)12-3-2-4-13(20(12)53)39(65)79-78-38-31(64)45-71-19(10-51)37(38)77-44-30(63)25(58)35(17(8-49)70-44)75-42-28(61)23(56)33(15(6-47)68-42)73-40-26(59)21(54)32(14(5-46)66-40)72-41-27(60)22(55)34(16(7-48)67-41)74-43-29(62)24(57)36(76-45)18(9-50)69-43/h2-4,14-19,21-38,40-51,53-64H,5-10H2,1H3/t14-,15-,16-,17-,18-,19-,21-,22-,23-,24-,25-,26-,27-,28-,29-,30-,31-,32-,33-,34-,35-,36-,37+,38-,40-,41-,42-,43-,44-,45-/m1/s1. The van der Waals surface area contributed by atoms with Crippen molar-refractivity contribution in [3.8, 4) is 5.75 Å². The van der Waals surface area contributed by atoms with Crippen LogP contribution in [0.3, 0.4) is 0 Å². The predicted octanol–water partition coefficient (Wildman–Crippen LogP) is -11.4. The number of phenolic OH excluding ortho intramolecular Hbond substituents is 1. The van der Waals surface area contributed by atoms with Gasteiger partial charge in [0.2, 0.25) is 0 Å². The first-order valence-corrected chi connectivity index (χ1v) is 24.8. The van der Waals surface area contributed by atoms with Crippen molar-refractivity contribution < 1.29 is 168 Å². The molecule has 22 aliphatic rings. The number of carbonyl (C=O) groups is 2. The number of aliphatic hydroxyl groups excluding tert-OH is 17. The highest BCUT2D eigenvalue weighted by molar-refractivity contribution is 6.02. The van der Waals surface area contributed by atoms with Crippen molar-refractivity contribution >= 4 is 11.8 Å². The van der Waals surface area contributed by atoms with E-state index in [2.05, 4.69) is 0 Å². The van der Waals surface area contributed by atoms with Crippen LogP contribution < -0.4 is 0 Å². The summed E-state index contributed by atoms with van der Waals surface area (Å²) in [4.78, 5) is 35.9. The van der Waals surface area contributed by atoms with Gasteiger partial charge >= 0.3 is 5.97 Å². The Labute approximate surface area is 445 Å². The molecule has 23 rings (SSSR count). The molecule has 22 heterocycles. The third kappa shape index (κ3) is 12.3. The van der Waals surface area contributed by atoms with Crippen LogP contribution in [-0.2, 0) is 66.6 Å². The topological polar surface area (TPSA) is 528 Å². The van der Waals surface area contributed by atoms with Crippen LogP contribution in [0.4, 0.5) is 0 Å². The number of Topliss-reactive ketones (excluding diaryl/α,β-unsaturated/α-hetero) is 1. The Bertz CT molecular complexity index is 2150. The smallest absolute Gasteiger partial charge is 0.376 e. The van der Waals surface area contributed by atoms with Crippen molar-refractivity contribution in [2.75, 3.05) is 39.6 Å². The van der Waals surface area contributed by atoms with E-state index in [-0.39, 0.29) is 5.56 Å². The molecule has 0 unspecified atom stereocenters. The summed E-state index contributed by atoms with van der Waals surface area (Å²) in [6, 6.07) is 3.40. The van der Waals surface area contributed by atoms with E-state index < -0.39 is 247 Å². The van der Waals surface area contributed by atoms with E-state index >= 15 is 0 Å². The molecule has 1 aromatic carbocycles. The third-order valence-corrected chi connectivity index (χ3v) is 14.5. The normalized spacial score (nSPS) is 48.0. The minimum absolute atomic E-state index is 0.323. The summed E-state index contributed by atoms with van der Waals surface area (Å²) in [6.45, 7) is -5.41. The van der Waals surface area contributed by atoms with Gasteiger partial charge in [0.05, 0.1) is 45.2 Å². The average Bonchev–Trinajstić information content (AvgIpc) is 3.44. The lowest BCUT2D eigenvalue weighted by Crippen LogP contribution is -2.69. The summed E-state index contributed by atoms with van der Waals surface area (Å²) in [5, 5.41) is 199. The Morgan fingerprint density at radius 3 is 0.911 bits per heavy atom. The molecule has 34 heteroatoms. The zero-order valence-corrected chi connectivity index (χ0v) is 41.4. The molecule has 450 valence electrons. The fraction of sp³-hybridized carbons (Fsp3) is 0.822. The second-order valence-electron chi connectivity index (χ2n) is 19.5. The van der Waals surface area contributed by atoms with E-state index in [1.165, 1.54) is 12.1 Å². The lowest BCUT2D eigenvalue weighted by Gasteiger charge is -2.50. The van der Waals surface area contributed by atoms with Crippen molar-refractivity contribution in [3.63, 3.8) is 0 Å². The maximum atomic E-state index is 13.4. The molecule has 34 nitrogen and oxygen atoms in total. The first-order chi connectivity index (χ1) is 37.6. The van der Waals surface area contributed by atoms with Crippen LogP contribution >= 0.6 is 0 Å². The molecule has 0 radical (unpaired) electrons. The molecule has 0 saturated carbocycles. The van der Waals surface area contributed by atoms with Gasteiger partial charge in [-0.05, 0) is 19.1 Å². The number of carbonyl (C=O) groups excluding carboxylic acids is 2. The highest BCUT2D eigenvalue weighted by atomic mass is 17.2. The molecule has 1 aromatic rings. The quantitative estimate of drug-likeness (QED) is 0.0588. The molecule has 18 N–H and O–H groups in total. The van der Waals surface area contributed by atoms with Gasteiger partial charge < -0.3 is 149 Å². The molecular weight excluding hydrogens is 1080 g/mol. The monoisotopic (exact) mass is 1150 g/mol. The Hall–Kier alpha value is -3.04. The van der Waals surface area contributed by atoms with Crippen molar-refractivity contribution in [2.24, 2.45) is 0 Å². The van der Waals surface area contributed by atoms with Crippen LogP contribution in [0, 0.1) is 0 Å². The second kappa shape index (κ2) is 26.3.